The molecule has 3 nitrogen and oxygen atoms in total. The van der Waals surface area contributed by atoms with Crippen LogP contribution in [0.3, 0.4) is 0 Å². The van der Waals surface area contributed by atoms with Gasteiger partial charge < -0.3 is 5.32 Å². The molecule has 8 heteroatoms. The number of halogens is 4. The van der Waals surface area contributed by atoms with Gasteiger partial charge in [0.05, 0.1) is 26.1 Å². The van der Waals surface area contributed by atoms with E-state index in [1.807, 2.05) is 13.8 Å². The predicted octanol–water partition coefficient (Wildman–Crippen LogP) is 7.82. The van der Waals surface area contributed by atoms with Crippen molar-refractivity contribution in [2.75, 3.05) is 5.32 Å². The zero-order valence-electron chi connectivity index (χ0n) is 14.8. The summed E-state index contributed by atoms with van der Waals surface area (Å²) < 4.78 is 13.4. The Hall–Kier alpha value is -1.92. The lowest BCUT2D eigenvalue weighted by Crippen LogP contribution is -1.99. The summed E-state index contributed by atoms with van der Waals surface area (Å²) in [6.45, 7) is 3.84. The van der Waals surface area contributed by atoms with Gasteiger partial charge in [-0.3, -0.25) is 0 Å². The van der Waals surface area contributed by atoms with Gasteiger partial charge in [-0.25, -0.2) is 14.4 Å². The number of aryl methyl sites for hydroxylation is 2. The highest BCUT2D eigenvalue weighted by Gasteiger charge is 2.19. The molecule has 2 aromatic carbocycles. The molecule has 4 aromatic rings. The van der Waals surface area contributed by atoms with Crippen LogP contribution in [-0.4, -0.2) is 9.97 Å². The number of thiophene rings is 1. The Balaban J connectivity index is 1.93. The van der Waals surface area contributed by atoms with Crippen molar-refractivity contribution in [1.82, 2.24) is 9.97 Å². The lowest BCUT2D eigenvalue weighted by Gasteiger charge is -2.12. The average molecular weight is 453 g/mol. The zero-order valence-corrected chi connectivity index (χ0v) is 17.9. The van der Waals surface area contributed by atoms with E-state index in [0.717, 1.165) is 26.2 Å². The van der Waals surface area contributed by atoms with E-state index in [9.17, 15) is 4.39 Å². The van der Waals surface area contributed by atoms with Crippen LogP contribution in [0.25, 0.3) is 21.3 Å². The molecule has 0 aliphatic rings. The van der Waals surface area contributed by atoms with Gasteiger partial charge in [0.1, 0.15) is 22.3 Å². The molecular weight excluding hydrogens is 440 g/mol. The lowest BCUT2D eigenvalue weighted by molar-refractivity contribution is 0.628. The van der Waals surface area contributed by atoms with Crippen molar-refractivity contribution in [3.63, 3.8) is 0 Å². The minimum Gasteiger partial charge on any atom is -0.338 e. The number of hydrogen-bond donors (Lipinski definition) is 1. The Bertz CT molecular complexity index is 1210. The molecule has 1 N–H and O–H groups in total. The van der Waals surface area contributed by atoms with Crippen molar-refractivity contribution in [3.05, 3.63) is 68.0 Å². The molecule has 2 aromatic heterocycles. The highest BCUT2D eigenvalue weighted by atomic mass is 35.5. The topological polar surface area (TPSA) is 37.8 Å². The number of nitrogens with one attached hydrogen (secondary N) is 1. The number of fused-ring (bicyclic) bond motifs is 1. The summed E-state index contributed by atoms with van der Waals surface area (Å²) in [6.07, 6.45) is 0. The van der Waals surface area contributed by atoms with Crippen LogP contribution in [0.2, 0.25) is 15.1 Å². The number of hydrogen-bond acceptors (Lipinski definition) is 4. The Kier molecular flexibility index (Phi) is 5.19. The van der Waals surface area contributed by atoms with Gasteiger partial charge >= 0.3 is 0 Å². The minimum atomic E-state index is -0.283. The number of anilines is 2. The van der Waals surface area contributed by atoms with E-state index in [1.165, 1.54) is 12.1 Å². The SMILES string of the molecule is Cc1nc(Nc2cc(Cl)c(Cl)cc2Cl)c2c(-c3ccc(F)cc3)c(C)sc2n1. The van der Waals surface area contributed by atoms with Crippen molar-refractivity contribution < 1.29 is 4.39 Å². The highest BCUT2D eigenvalue weighted by Crippen LogP contribution is 2.42. The molecule has 0 atom stereocenters. The fourth-order valence-corrected chi connectivity index (χ4v) is 4.70. The first-order chi connectivity index (χ1) is 13.3. The number of aromatic nitrogens is 2. The third kappa shape index (κ3) is 3.55. The first kappa shape index (κ1) is 19.4. The van der Waals surface area contributed by atoms with Gasteiger partial charge in [-0.15, -0.1) is 11.3 Å². The van der Waals surface area contributed by atoms with Crippen molar-refractivity contribution >= 4 is 67.9 Å². The molecule has 0 radical (unpaired) electrons. The van der Waals surface area contributed by atoms with E-state index in [1.54, 1.807) is 35.6 Å². The second kappa shape index (κ2) is 7.48. The maximum Gasteiger partial charge on any atom is 0.143 e. The molecule has 0 amide bonds. The minimum absolute atomic E-state index is 0.283. The molecule has 0 fully saturated rings. The van der Waals surface area contributed by atoms with Crippen molar-refractivity contribution in [2.45, 2.75) is 13.8 Å². The molecule has 0 spiro atoms. The highest BCUT2D eigenvalue weighted by molar-refractivity contribution is 7.19. The lowest BCUT2D eigenvalue weighted by atomic mass is 10.0. The second-order valence-electron chi connectivity index (χ2n) is 6.21. The van der Waals surface area contributed by atoms with Gasteiger partial charge in [0, 0.05) is 10.4 Å². The quantitative estimate of drug-likeness (QED) is 0.322. The number of benzene rings is 2. The normalized spacial score (nSPS) is 11.2. The molecule has 0 saturated carbocycles. The molecular formula is C20H13Cl3FN3S. The summed E-state index contributed by atoms with van der Waals surface area (Å²) in [5.74, 6) is 0.943. The van der Waals surface area contributed by atoms with E-state index in [4.69, 9.17) is 34.8 Å². The fourth-order valence-electron chi connectivity index (χ4n) is 3.02. The monoisotopic (exact) mass is 451 g/mol. The van der Waals surface area contributed by atoms with Crippen LogP contribution in [0, 0.1) is 19.7 Å². The van der Waals surface area contributed by atoms with Crippen molar-refractivity contribution in [3.8, 4) is 11.1 Å². The first-order valence-corrected chi connectivity index (χ1v) is 10.2. The van der Waals surface area contributed by atoms with E-state index in [2.05, 4.69) is 15.3 Å². The van der Waals surface area contributed by atoms with Crippen molar-refractivity contribution in [1.29, 1.82) is 0 Å². The third-order valence-corrected chi connectivity index (χ3v) is 6.27. The Morgan fingerprint density at radius 3 is 2.32 bits per heavy atom. The maximum absolute atomic E-state index is 13.4. The summed E-state index contributed by atoms with van der Waals surface area (Å²) in [6, 6.07) is 9.62. The van der Waals surface area contributed by atoms with Crippen LogP contribution in [0.5, 0.6) is 0 Å². The summed E-state index contributed by atoms with van der Waals surface area (Å²) in [4.78, 5) is 11.0. The number of rotatable bonds is 3. The van der Waals surface area contributed by atoms with Crippen molar-refractivity contribution in [2.24, 2.45) is 0 Å². The summed E-state index contributed by atoms with van der Waals surface area (Å²) in [7, 11) is 0. The fraction of sp³-hybridized carbons (Fsp3) is 0.100. The predicted molar refractivity (Wildman–Crippen MR) is 117 cm³/mol. The van der Waals surface area contributed by atoms with Crippen LogP contribution in [0.4, 0.5) is 15.9 Å². The molecule has 0 aliphatic carbocycles. The second-order valence-corrected chi connectivity index (χ2v) is 8.64. The molecule has 0 aliphatic heterocycles. The Morgan fingerprint density at radius 2 is 1.61 bits per heavy atom. The van der Waals surface area contributed by atoms with E-state index < -0.39 is 0 Å². The van der Waals surface area contributed by atoms with Gasteiger partial charge in [-0.2, -0.15) is 0 Å². The molecule has 28 heavy (non-hydrogen) atoms. The number of nitrogens with zero attached hydrogens (tertiary/aromatic N) is 2. The average Bonchev–Trinajstić information content (AvgIpc) is 2.96. The summed E-state index contributed by atoms with van der Waals surface area (Å²) in [5.41, 5.74) is 2.43. The Morgan fingerprint density at radius 1 is 0.929 bits per heavy atom. The zero-order chi connectivity index (χ0) is 20.0. The summed E-state index contributed by atoms with van der Waals surface area (Å²) in [5, 5.41) is 5.30. The Labute approximate surface area is 180 Å². The van der Waals surface area contributed by atoms with Crippen LogP contribution in [0.15, 0.2) is 36.4 Å². The van der Waals surface area contributed by atoms with Crippen LogP contribution in [-0.2, 0) is 0 Å². The van der Waals surface area contributed by atoms with Crippen LogP contribution < -0.4 is 5.32 Å². The summed E-state index contributed by atoms with van der Waals surface area (Å²) >= 11 is 20.1. The van der Waals surface area contributed by atoms with Crippen LogP contribution in [0.1, 0.15) is 10.7 Å². The molecule has 0 bridgehead atoms. The van der Waals surface area contributed by atoms with Gasteiger partial charge in [0.2, 0.25) is 0 Å². The smallest absolute Gasteiger partial charge is 0.143 e. The molecule has 142 valence electrons. The first-order valence-electron chi connectivity index (χ1n) is 8.28. The molecule has 0 saturated heterocycles. The molecule has 0 unspecified atom stereocenters. The largest absolute Gasteiger partial charge is 0.338 e. The molecule has 2 heterocycles. The van der Waals surface area contributed by atoms with E-state index in [0.29, 0.717) is 32.4 Å². The molecule has 4 rings (SSSR count). The van der Waals surface area contributed by atoms with Crippen LogP contribution >= 0.6 is 46.1 Å². The van der Waals surface area contributed by atoms with E-state index in [-0.39, 0.29) is 5.82 Å². The standard InChI is InChI=1S/C20H13Cl3FN3S/c1-9-17(11-3-5-12(24)6-4-11)18-19(25-10(2)26-20(18)28-9)27-16-8-14(22)13(21)7-15(16)23/h3-8H,1-2H3,(H,25,26,27). The van der Waals surface area contributed by atoms with Gasteiger partial charge in [0.15, 0.2) is 0 Å². The van der Waals surface area contributed by atoms with E-state index >= 15 is 0 Å². The maximum atomic E-state index is 13.4. The van der Waals surface area contributed by atoms with Gasteiger partial charge in [-0.1, -0.05) is 46.9 Å². The third-order valence-electron chi connectivity index (χ3n) is 4.24. The van der Waals surface area contributed by atoms with Gasteiger partial charge in [0.25, 0.3) is 0 Å². The van der Waals surface area contributed by atoms with Gasteiger partial charge in [-0.05, 0) is 43.7 Å².